The van der Waals surface area contributed by atoms with E-state index in [-0.39, 0.29) is 44.6 Å². The normalized spacial score (nSPS) is 10.5. The van der Waals surface area contributed by atoms with E-state index in [1.54, 1.807) is 24.3 Å². The summed E-state index contributed by atoms with van der Waals surface area (Å²) in [4.78, 5) is 35.5. The van der Waals surface area contributed by atoms with Crippen LogP contribution in [0.3, 0.4) is 0 Å². The average Bonchev–Trinajstić information content (AvgIpc) is 2.83. The molecule has 0 saturated heterocycles. The van der Waals surface area contributed by atoms with E-state index in [2.05, 4.69) is 4.74 Å². The van der Waals surface area contributed by atoms with Gasteiger partial charge in [0.2, 0.25) is 0 Å². The third-order valence-corrected chi connectivity index (χ3v) is 3.95. The molecule has 0 aliphatic carbocycles. The molecule has 0 saturated carbocycles. The number of ketones is 1. The molecule has 0 aliphatic heterocycles. The molecule has 0 fully saturated rings. The van der Waals surface area contributed by atoms with Crippen molar-refractivity contribution in [3.63, 3.8) is 0 Å². The molecule has 2 aromatic carbocycles. The molecule has 33 heavy (non-hydrogen) atoms. The van der Waals surface area contributed by atoms with Gasteiger partial charge in [-0.2, -0.15) is 0 Å². The molecule has 1 N–H and O–H groups in total. The molecule has 0 spiro atoms. The first-order valence-corrected chi connectivity index (χ1v) is 10.2. The summed E-state index contributed by atoms with van der Waals surface area (Å²) in [5.41, 5.74) is 0.954. The summed E-state index contributed by atoms with van der Waals surface area (Å²) in [6.07, 6.45) is -2.49. The van der Waals surface area contributed by atoms with E-state index in [4.69, 9.17) is 28.8 Å². The maximum Gasteiger partial charge on any atom is 0.524 e. The first kappa shape index (κ1) is 25.9. The van der Waals surface area contributed by atoms with Gasteiger partial charge in [-0.3, -0.25) is 4.79 Å². The lowest BCUT2D eigenvalue weighted by Gasteiger charge is -2.08. The van der Waals surface area contributed by atoms with Gasteiger partial charge >= 0.3 is 12.3 Å². The van der Waals surface area contributed by atoms with Crippen LogP contribution in [-0.2, 0) is 23.7 Å². The van der Waals surface area contributed by atoms with E-state index in [0.29, 0.717) is 30.9 Å². The second kappa shape index (κ2) is 15.5. The quantitative estimate of drug-likeness (QED) is 0.147. The van der Waals surface area contributed by atoms with Crippen molar-refractivity contribution in [2.24, 2.45) is 0 Å². The highest BCUT2D eigenvalue weighted by molar-refractivity contribution is 6.09. The van der Waals surface area contributed by atoms with E-state index in [1.807, 2.05) is 6.07 Å². The lowest BCUT2D eigenvalue weighted by atomic mass is 10.0. The van der Waals surface area contributed by atoms with Gasteiger partial charge in [0.1, 0.15) is 12.4 Å². The zero-order valence-corrected chi connectivity index (χ0v) is 18.0. The van der Waals surface area contributed by atoms with Crippen LogP contribution in [0.4, 0.5) is 9.59 Å². The Kier molecular flexibility index (Phi) is 12.2. The van der Waals surface area contributed by atoms with E-state index in [1.165, 1.54) is 24.3 Å². The summed E-state index contributed by atoms with van der Waals surface area (Å²) in [5, 5.41) is 8.54. The minimum absolute atomic E-state index is 0.0340. The number of carbonyl (C=O) groups excluding carboxylic acids is 3. The van der Waals surface area contributed by atoms with E-state index >= 15 is 0 Å². The summed E-state index contributed by atoms with van der Waals surface area (Å²) in [6.45, 7) is 1.56. The van der Waals surface area contributed by atoms with Crippen molar-refractivity contribution in [1.82, 2.24) is 0 Å². The standard InChI is InChI=1S/C23H26O10/c24-10-11-28-12-13-29-14-15-30-16-17-31-22(26)33-23(27)32-20-8-6-19(7-9-20)21(25)18-4-2-1-3-5-18/h1-9,24H,10-17H2. The van der Waals surface area contributed by atoms with E-state index < -0.39 is 12.3 Å². The van der Waals surface area contributed by atoms with Gasteiger partial charge < -0.3 is 33.5 Å². The average molecular weight is 462 g/mol. The molecule has 0 aliphatic rings. The zero-order valence-electron chi connectivity index (χ0n) is 18.0. The highest BCUT2D eigenvalue weighted by atomic mass is 16.8. The summed E-state index contributed by atoms with van der Waals surface area (Å²) >= 11 is 0. The van der Waals surface area contributed by atoms with Crippen LogP contribution in [-0.4, -0.2) is 76.1 Å². The summed E-state index contributed by atoms with van der Waals surface area (Å²) in [5.74, 6) is -0.0725. The summed E-state index contributed by atoms with van der Waals surface area (Å²) < 4.78 is 29.4. The second-order valence-corrected chi connectivity index (χ2v) is 6.33. The van der Waals surface area contributed by atoms with Crippen molar-refractivity contribution in [2.45, 2.75) is 0 Å². The number of rotatable bonds is 14. The van der Waals surface area contributed by atoms with Gasteiger partial charge in [-0.25, -0.2) is 9.59 Å². The fourth-order valence-corrected chi connectivity index (χ4v) is 2.44. The molecule has 0 aromatic heterocycles. The molecule has 10 heteroatoms. The Balaban J connectivity index is 1.57. The van der Waals surface area contributed by atoms with Gasteiger partial charge in [0.15, 0.2) is 5.78 Å². The second-order valence-electron chi connectivity index (χ2n) is 6.33. The first-order valence-electron chi connectivity index (χ1n) is 10.2. The van der Waals surface area contributed by atoms with Crippen LogP contribution in [0, 0.1) is 0 Å². The van der Waals surface area contributed by atoms with Crippen molar-refractivity contribution >= 4 is 18.1 Å². The van der Waals surface area contributed by atoms with Crippen LogP contribution in [0.2, 0.25) is 0 Å². The predicted octanol–water partition coefficient (Wildman–Crippen LogP) is 2.61. The topological polar surface area (TPSA) is 127 Å². The molecule has 10 nitrogen and oxygen atoms in total. The monoisotopic (exact) mass is 462 g/mol. The highest BCUT2D eigenvalue weighted by Crippen LogP contribution is 2.16. The molecule has 2 rings (SSSR count). The Morgan fingerprint density at radius 3 is 1.79 bits per heavy atom. The smallest absolute Gasteiger partial charge is 0.431 e. The number of hydrogen-bond acceptors (Lipinski definition) is 10. The molecular weight excluding hydrogens is 436 g/mol. The van der Waals surface area contributed by atoms with Gasteiger partial charge in [0.05, 0.1) is 46.2 Å². The van der Waals surface area contributed by atoms with Crippen LogP contribution in [0.15, 0.2) is 54.6 Å². The maximum atomic E-state index is 12.3. The van der Waals surface area contributed by atoms with Crippen LogP contribution in [0.25, 0.3) is 0 Å². The predicted molar refractivity (Wildman–Crippen MR) is 114 cm³/mol. The lowest BCUT2D eigenvalue weighted by Crippen LogP contribution is -2.19. The van der Waals surface area contributed by atoms with Gasteiger partial charge in [-0.05, 0) is 24.3 Å². The van der Waals surface area contributed by atoms with Crippen LogP contribution in [0.5, 0.6) is 5.75 Å². The van der Waals surface area contributed by atoms with Crippen LogP contribution in [0.1, 0.15) is 15.9 Å². The number of hydrogen-bond donors (Lipinski definition) is 1. The number of benzene rings is 2. The maximum absolute atomic E-state index is 12.3. The number of carbonyl (C=O) groups is 3. The SMILES string of the molecule is O=C(OCCOCCOCCOCCO)OC(=O)Oc1ccc(C(=O)c2ccccc2)cc1. The van der Waals surface area contributed by atoms with Crippen molar-refractivity contribution in [1.29, 1.82) is 0 Å². The van der Waals surface area contributed by atoms with Crippen molar-refractivity contribution < 1.29 is 47.9 Å². The zero-order chi connectivity index (χ0) is 23.7. The third-order valence-electron chi connectivity index (χ3n) is 3.95. The molecule has 0 heterocycles. The Morgan fingerprint density at radius 2 is 1.18 bits per heavy atom. The highest BCUT2D eigenvalue weighted by Gasteiger charge is 2.15. The van der Waals surface area contributed by atoms with Gasteiger partial charge in [-0.15, -0.1) is 0 Å². The van der Waals surface area contributed by atoms with Gasteiger partial charge in [-0.1, -0.05) is 30.3 Å². The van der Waals surface area contributed by atoms with Crippen LogP contribution >= 0.6 is 0 Å². The molecule has 0 radical (unpaired) electrons. The van der Waals surface area contributed by atoms with Crippen molar-refractivity contribution in [2.75, 3.05) is 52.9 Å². The molecule has 0 amide bonds. The van der Waals surface area contributed by atoms with Crippen molar-refractivity contribution in [3.8, 4) is 5.75 Å². The molecule has 178 valence electrons. The van der Waals surface area contributed by atoms with E-state index in [0.717, 1.165) is 0 Å². The van der Waals surface area contributed by atoms with Crippen molar-refractivity contribution in [3.05, 3.63) is 65.7 Å². The van der Waals surface area contributed by atoms with E-state index in [9.17, 15) is 14.4 Å². The fraction of sp³-hybridized carbons (Fsp3) is 0.348. The number of aliphatic hydroxyl groups excluding tert-OH is 1. The largest absolute Gasteiger partial charge is 0.524 e. The Labute approximate surface area is 190 Å². The molecule has 2 aromatic rings. The van der Waals surface area contributed by atoms with Gasteiger partial charge in [0, 0.05) is 11.1 Å². The summed E-state index contributed by atoms with van der Waals surface area (Å²) in [7, 11) is 0. The van der Waals surface area contributed by atoms with Crippen LogP contribution < -0.4 is 4.74 Å². The lowest BCUT2D eigenvalue weighted by molar-refractivity contribution is -0.00449. The Bertz CT molecular complexity index is 851. The summed E-state index contributed by atoms with van der Waals surface area (Å²) in [6, 6.07) is 14.6. The Morgan fingerprint density at radius 1 is 0.636 bits per heavy atom. The Hall–Kier alpha value is -3.31. The molecule has 0 unspecified atom stereocenters. The number of ether oxygens (including phenoxy) is 6. The van der Waals surface area contributed by atoms with Gasteiger partial charge in [0.25, 0.3) is 0 Å². The fourth-order valence-electron chi connectivity index (χ4n) is 2.44. The molecular formula is C23H26O10. The number of aliphatic hydroxyl groups is 1. The first-order chi connectivity index (χ1) is 16.1. The third kappa shape index (κ3) is 10.7. The minimum Gasteiger partial charge on any atom is -0.431 e. The molecule has 0 bridgehead atoms. The molecule has 0 atom stereocenters. The minimum atomic E-state index is -1.26.